The minimum atomic E-state index is 0.00290. The number of nitrogens with one attached hydrogen (secondary N) is 1. The highest BCUT2D eigenvalue weighted by molar-refractivity contribution is 5.79. The Balaban J connectivity index is 1.46. The Hall–Kier alpha value is -1.80. The third-order valence-electron chi connectivity index (χ3n) is 6.86. The average molecular weight is 355 g/mol. The van der Waals surface area contributed by atoms with Crippen LogP contribution in [0.3, 0.4) is 0 Å². The molecule has 0 unspecified atom stereocenters. The predicted octanol–water partition coefficient (Wildman–Crippen LogP) is 3.64. The molecule has 5 heteroatoms. The van der Waals surface area contributed by atoms with Crippen LogP contribution in [-0.4, -0.2) is 29.4 Å². The Labute approximate surface area is 155 Å². The lowest BCUT2D eigenvalue weighted by atomic mass is 9.52. The van der Waals surface area contributed by atoms with E-state index < -0.39 is 0 Å². The van der Waals surface area contributed by atoms with Crippen LogP contribution in [-0.2, 0) is 4.79 Å². The molecular weight excluding hydrogens is 326 g/mol. The molecule has 4 aliphatic carbocycles. The van der Waals surface area contributed by atoms with Gasteiger partial charge < -0.3 is 9.32 Å². The Bertz CT molecular complexity index is 641. The maximum absolute atomic E-state index is 13.2. The number of rotatable bonds is 7. The summed E-state index contributed by atoms with van der Waals surface area (Å²) in [6.45, 7) is 2.88. The maximum atomic E-state index is 13.2. The van der Waals surface area contributed by atoms with Gasteiger partial charge in [0, 0.05) is 12.1 Å². The van der Waals surface area contributed by atoms with Gasteiger partial charge in [0.25, 0.3) is 0 Å². The highest BCUT2D eigenvalue weighted by Gasteiger charge is 2.54. The van der Waals surface area contributed by atoms with Crippen molar-refractivity contribution in [3.63, 3.8) is 0 Å². The van der Waals surface area contributed by atoms with Gasteiger partial charge in [0.15, 0.2) is 0 Å². The number of hydrogen-bond acceptors (Lipinski definition) is 4. The third-order valence-corrected chi connectivity index (χ3v) is 6.86. The molecule has 5 rings (SSSR count). The van der Waals surface area contributed by atoms with Crippen LogP contribution < -0.4 is 5.32 Å². The third kappa shape index (κ3) is 3.27. The fraction of sp³-hybridized carbons (Fsp3) is 0.714. The number of nitrogens with zero attached hydrogens (tertiary/aromatic N) is 2. The molecule has 0 aromatic carbocycles. The topological polar surface area (TPSA) is 69.3 Å². The van der Waals surface area contributed by atoms with Crippen LogP contribution in [0.4, 0.5) is 0 Å². The molecule has 5 nitrogen and oxygen atoms in total. The first kappa shape index (κ1) is 17.6. The molecular formula is C21H29N3O2. The van der Waals surface area contributed by atoms with Crippen LogP contribution in [0, 0.1) is 29.1 Å². The van der Waals surface area contributed by atoms with Crippen LogP contribution in [0.1, 0.15) is 63.7 Å². The summed E-state index contributed by atoms with van der Waals surface area (Å²) in [6, 6.07) is 6.04. The Morgan fingerprint density at radius 2 is 2.00 bits per heavy atom. The van der Waals surface area contributed by atoms with Gasteiger partial charge in [-0.25, -0.2) is 0 Å². The van der Waals surface area contributed by atoms with E-state index in [1.54, 1.807) is 6.26 Å². The van der Waals surface area contributed by atoms with Gasteiger partial charge in [-0.15, -0.1) is 0 Å². The van der Waals surface area contributed by atoms with E-state index in [1.165, 1.54) is 19.3 Å². The van der Waals surface area contributed by atoms with Crippen LogP contribution in [0.5, 0.6) is 0 Å². The number of nitriles is 1. The standard InChI is InChI=1S/C21H29N3O2/c1-15(19-4-2-7-26-19)23-14-20(25)24(6-3-5-22)21-11-16-8-17(12-21)10-18(9-16)13-21/h2,4,7,15-18,23H,3,6,8-14H2,1H3/t15-,16?,17?,18?,21?/m1/s1. The molecule has 0 radical (unpaired) electrons. The molecule has 1 amide bonds. The first-order valence-corrected chi connectivity index (χ1v) is 10.0. The molecule has 4 saturated carbocycles. The average Bonchev–Trinajstić information content (AvgIpc) is 3.13. The lowest BCUT2D eigenvalue weighted by Crippen LogP contribution is -2.62. The molecule has 1 aromatic heterocycles. The summed E-state index contributed by atoms with van der Waals surface area (Å²) >= 11 is 0. The molecule has 26 heavy (non-hydrogen) atoms. The van der Waals surface area contributed by atoms with Crippen LogP contribution in [0.25, 0.3) is 0 Å². The van der Waals surface area contributed by atoms with Crippen molar-refractivity contribution in [1.29, 1.82) is 5.26 Å². The van der Waals surface area contributed by atoms with Gasteiger partial charge in [-0.05, 0) is 75.3 Å². The molecule has 0 aliphatic heterocycles. The first-order valence-electron chi connectivity index (χ1n) is 10.0. The van der Waals surface area contributed by atoms with Crippen LogP contribution in [0.15, 0.2) is 22.8 Å². The van der Waals surface area contributed by atoms with Gasteiger partial charge in [0.1, 0.15) is 5.76 Å². The summed E-state index contributed by atoms with van der Waals surface area (Å²) in [4.78, 5) is 15.2. The fourth-order valence-corrected chi connectivity index (χ4v) is 6.16. The molecule has 1 atom stereocenters. The van der Waals surface area contributed by atoms with E-state index in [1.807, 2.05) is 19.1 Å². The van der Waals surface area contributed by atoms with Crippen molar-refractivity contribution in [1.82, 2.24) is 10.2 Å². The van der Waals surface area contributed by atoms with Crippen LogP contribution in [0.2, 0.25) is 0 Å². The molecule has 1 N–H and O–H groups in total. The van der Waals surface area contributed by atoms with Gasteiger partial charge >= 0.3 is 0 Å². The van der Waals surface area contributed by atoms with Crippen molar-refractivity contribution in [2.45, 2.75) is 63.5 Å². The summed E-state index contributed by atoms with van der Waals surface area (Å²) in [7, 11) is 0. The largest absolute Gasteiger partial charge is 0.468 e. The van der Waals surface area contributed by atoms with Crippen molar-refractivity contribution in [3.8, 4) is 6.07 Å². The summed E-state index contributed by atoms with van der Waals surface area (Å²) in [6.07, 6.45) is 9.57. The number of amides is 1. The first-order chi connectivity index (χ1) is 12.6. The van der Waals surface area contributed by atoms with E-state index in [2.05, 4.69) is 16.3 Å². The summed E-state index contributed by atoms with van der Waals surface area (Å²) < 4.78 is 5.42. The fourth-order valence-electron chi connectivity index (χ4n) is 6.16. The van der Waals surface area contributed by atoms with Gasteiger partial charge in [-0.3, -0.25) is 10.1 Å². The quantitative estimate of drug-likeness (QED) is 0.811. The highest BCUT2D eigenvalue weighted by atomic mass is 16.3. The monoisotopic (exact) mass is 355 g/mol. The molecule has 4 aliphatic rings. The van der Waals surface area contributed by atoms with Gasteiger partial charge in [-0.2, -0.15) is 5.26 Å². The second kappa shape index (κ2) is 7.08. The smallest absolute Gasteiger partial charge is 0.237 e. The van der Waals surface area contributed by atoms with E-state index in [-0.39, 0.29) is 17.5 Å². The van der Waals surface area contributed by atoms with Gasteiger partial charge in [0.05, 0.1) is 31.3 Å². The number of furan rings is 1. The summed E-state index contributed by atoms with van der Waals surface area (Å²) in [5, 5.41) is 12.4. The second-order valence-corrected chi connectivity index (χ2v) is 8.71. The van der Waals surface area contributed by atoms with Crippen molar-refractivity contribution in [2.75, 3.05) is 13.1 Å². The zero-order valence-corrected chi connectivity index (χ0v) is 15.6. The van der Waals surface area contributed by atoms with Crippen molar-refractivity contribution in [2.24, 2.45) is 17.8 Å². The number of carbonyl (C=O) groups excluding carboxylic acids is 1. The minimum Gasteiger partial charge on any atom is -0.468 e. The Kier molecular flexibility index (Phi) is 4.79. The predicted molar refractivity (Wildman–Crippen MR) is 98.0 cm³/mol. The van der Waals surface area contributed by atoms with Crippen LogP contribution >= 0.6 is 0 Å². The minimum absolute atomic E-state index is 0.00290. The zero-order valence-electron chi connectivity index (χ0n) is 15.6. The van der Waals surface area contributed by atoms with E-state index in [0.717, 1.165) is 42.8 Å². The zero-order chi connectivity index (χ0) is 18.1. The maximum Gasteiger partial charge on any atom is 0.237 e. The highest BCUT2D eigenvalue weighted by Crippen LogP contribution is 2.57. The second-order valence-electron chi connectivity index (χ2n) is 8.71. The van der Waals surface area contributed by atoms with E-state index in [0.29, 0.717) is 19.5 Å². The molecule has 0 spiro atoms. The van der Waals surface area contributed by atoms with E-state index in [4.69, 9.17) is 9.68 Å². The Morgan fingerprint density at radius 1 is 1.35 bits per heavy atom. The number of carbonyl (C=O) groups is 1. The van der Waals surface area contributed by atoms with Crippen molar-refractivity contribution in [3.05, 3.63) is 24.2 Å². The number of hydrogen-bond donors (Lipinski definition) is 1. The van der Waals surface area contributed by atoms with E-state index in [9.17, 15) is 4.79 Å². The summed E-state index contributed by atoms with van der Waals surface area (Å²) in [5.41, 5.74) is 0.0122. The van der Waals surface area contributed by atoms with Gasteiger partial charge in [-0.1, -0.05) is 0 Å². The molecule has 4 fully saturated rings. The lowest BCUT2D eigenvalue weighted by Gasteiger charge is -2.60. The molecule has 1 aromatic rings. The van der Waals surface area contributed by atoms with E-state index >= 15 is 0 Å². The summed E-state index contributed by atoms with van der Waals surface area (Å²) in [5.74, 6) is 3.34. The molecule has 0 saturated heterocycles. The van der Waals surface area contributed by atoms with Crippen molar-refractivity contribution >= 4 is 5.91 Å². The normalized spacial score (nSPS) is 33.0. The SMILES string of the molecule is C[C@@H](NCC(=O)N(CCC#N)C12CC3CC(CC(C3)C1)C2)c1ccco1. The molecule has 1 heterocycles. The Morgan fingerprint density at radius 3 is 2.54 bits per heavy atom. The molecule has 140 valence electrons. The lowest BCUT2D eigenvalue weighted by molar-refractivity contribution is -0.149. The molecule has 4 bridgehead atoms. The van der Waals surface area contributed by atoms with Crippen molar-refractivity contribution < 1.29 is 9.21 Å². The van der Waals surface area contributed by atoms with Gasteiger partial charge in [0.2, 0.25) is 5.91 Å².